The fourth-order valence-electron chi connectivity index (χ4n) is 1.37. The molecule has 0 aromatic rings. The molecule has 1 fully saturated rings. The van der Waals surface area contributed by atoms with Crippen molar-refractivity contribution in [2.24, 2.45) is 0 Å². The molecule has 1 unspecified atom stereocenters. The van der Waals surface area contributed by atoms with Gasteiger partial charge in [-0.15, -0.1) is 0 Å². The van der Waals surface area contributed by atoms with Crippen molar-refractivity contribution in [2.45, 2.75) is 26.3 Å². The Morgan fingerprint density at radius 1 is 1.73 bits per heavy atom. The summed E-state index contributed by atoms with van der Waals surface area (Å²) in [6, 6.07) is 0.0115. The first kappa shape index (κ1) is 8.53. The lowest BCUT2D eigenvalue weighted by Crippen LogP contribution is -2.41. The highest BCUT2D eigenvalue weighted by atomic mass is 16.2. The van der Waals surface area contributed by atoms with Gasteiger partial charge in [0.2, 0.25) is 5.91 Å². The van der Waals surface area contributed by atoms with Gasteiger partial charge in [0.1, 0.15) is 0 Å². The van der Waals surface area contributed by atoms with Crippen LogP contribution >= 0.6 is 0 Å². The SMILES string of the molecule is CCN1CCCNC(C)C1=O. The molecule has 3 heteroatoms. The summed E-state index contributed by atoms with van der Waals surface area (Å²) in [6.45, 7) is 6.66. The van der Waals surface area contributed by atoms with Gasteiger partial charge in [0.15, 0.2) is 0 Å². The Morgan fingerprint density at radius 3 is 3.09 bits per heavy atom. The number of amides is 1. The second kappa shape index (κ2) is 3.72. The van der Waals surface area contributed by atoms with Crippen LogP contribution in [0.2, 0.25) is 0 Å². The topological polar surface area (TPSA) is 32.3 Å². The van der Waals surface area contributed by atoms with E-state index in [2.05, 4.69) is 5.32 Å². The fraction of sp³-hybridized carbons (Fsp3) is 0.875. The van der Waals surface area contributed by atoms with Gasteiger partial charge < -0.3 is 10.2 Å². The van der Waals surface area contributed by atoms with Crippen molar-refractivity contribution in [3.63, 3.8) is 0 Å². The largest absolute Gasteiger partial charge is 0.342 e. The third kappa shape index (κ3) is 1.93. The average molecular weight is 156 g/mol. The zero-order valence-electron chi connectivity index (χ0n) is 7.26. The number of nitrogens with one attached hydrogen (secondary N) is 1. The highest BCUT2D eigenvalue weighted by molar-refractivity contribution is 5.81. The summed E-state index contributed by atoms with van der Waals surface area (Å²) in [5.41, 5.74) is 0. The van der Waals surface area contributed by atoms with Gasteiger partial charge in [-0.2, -0.15) is 0 Å². The van der Waals surface area contributed by atoms with Crippen LogP contribution in [0.25, 0.3) is 0 Å². The van der Waals surface area contributed by atoms with E-state index in [1.165, 1.54) is 0 Å². The molecular weight excluding hydrogens is 140 g/mol. The monoisotopic (exact) mass is 156 g/mol. The molecule has 1 saturated heterocycles. The molecule has 0 radical (unpaired) electrons. The first-order valence-corrected chi connectivity index (χ1v) is 4.28. The summed E-state index contributed by atoms with van der Waals surface area (Å²) in [5.74, 6) is 0.241. The maximum Gasteiger partial charge on any atom is 0.239 e. The molecule has 0 saturated carbocycles. The molecule has 1 aliphatic rings. The van der Waals surface area contributed by atoms with Crippen molar-refractivity contribution in [1.29, 1.82) is 0 Å². The van der Waals surface area contributed by atoms with E-state index < -0.39 is 0 Å². The molecule has 0 bridgehead atoms. The lowest BCUT2D eigenvalue weighted by atomic mass is 10.3. The van der Waals surface area contributed by atoms with E-state index in [9.17, 15) is 4.79 Å². The molecule has 1 aliphatic heterocycles. The summed E-state index contributed by atoms with van der Waals surface area (Å²) < 4.78 is 0. The van der Waals surface area contributed by atoms with Gasteiger partial charge in [-0.05, 0) is 26.8 Å². The number of hydrogen-bond acceptors (Lipinski definition) is 2. The van der Waals surface area contributed by atoms with Crippen LogP contribution in [0.3, 0.4) is 0 Å². The maximum atomic E-state index is 11.4. The Hall–Kier alpha value is -0.570. The van der Waals surface area contributed by atoms with E-state index in [4.69, 9.17) is 0 Å². The number of carbonyl (C=O) groups is 1. The lowest BCUT2D eigenvalue weighted by molar-refractivity contribution is -0.132. The van der Waals surface area contributed by atoms with Crippen LogP contribution in [-0.4, -0.2) is 36.5 Å². The molecular formula is C8H16N2O. The van der Waals surface area contributed by atoms with Crippen LogP contribution in [0.4, 0.5) is 0 Å². The molecule has 0 aliphatic carbocycles. The van der Waals surface area contributed by atoms with Crippen molar-refractivity contribution in [3.8, 4) is 0 Å². The molecule has 64 valence electrons. The molecule has 1 amide bonds. The third-order valence-corrected chi connectivity index (χ3v) is 2.12. The smallest absolute Gasteiger partial charge is 0.239 e. The van der Waals surface area contributed by atoms with Gasteiger partial charge >= 0.3 is 0 Å². The summed E-state index contributed by atoms with van der Waals surface area (Å²) in [6.07, 6.45) is 1.07. The standard InChI is InChI=1S/C8H16N2O/c1-3-10-6-4-5-9-7(2)8(10)11/h7,9H,3-6H2,1-2H3. The van der Waals surface area contributed by atoms with E-state index in [-0.39, 0.29) is 11.9 Å². The van der Waals surface area contributed by atoms with Gasteiger partial charge in [-0.3, -0.25) is 4.79 Å². The molecule has 1 heterocycles. The second-order valence-corrected chi connectivity index (χ2v) is 2.95. The summed E-state index contributed by atoms with van der Waals surface area (Å²) in [4.78, 5) is 13.3. The molecule has 0 aromatic heterocycles. The summed E-state index contributed by atoms with van der Waals surface area (Å²) in [5, 5.41) is 3.17. The van der Waals surface area contributed by atoms with Crippen molar-refractivity contribution in [3.05, 3.63) is 0 Å². The van der Waals surface area contributed by atoms with Crippen LogP contribution in [-0.2, 0) is 4.79 Å². The van der Waals surface area contributed by atoms with Crippen LogP contribution < -0.4 is 5.32 Å². The Labute approximate surface area is 67.8 Å². The number of rotatable bonds is 1. The van der Waals surface area contributed by atoms with E-state index in [0.29, 0.717) is 0 Å². The minimum atomic E-state index is 0.0115. The van der Waals surface area contributed by atoms with Gasteiger partial charge in [0.05, 0.1) is 6.04 Å². The Morgan fingerprint density at radius 2 is 2.45 bits per heavy atom. The van der Waals surface area contributed by atoms with Gasteiger partial charge in [0.25, 0.3) is 0 Å². The number of hydrogen-bond donors (Lipinski definition) is 1. The lowest BCUT2D eigenvalue weighted by Gasteiger charge is -2.20. The van der Waals surface area contributed by atoms with Gasteiger partial charge in [-0.1, -0.05) is 0 Å². The van der Waals surface area contributed by atoms with Crippen LogP contribution in [0, 0.1) is 0 Å². The first-order valence-electron chi connectivity index (χ1n) is 4.28. The maximum absolute atomic E-state index is 11.4. The zero-order valence-corrected chi connectivity index (χ0v) is 7.26. The van der Waals surface area contributed by atoms with Crippen LogP contribution in [0.5, 0.6) is 0 Å². The minimum absolute atomic E-state index is 0.0115. The van der Waals surface area contributed by atoms with Crippen molar-refractivity contribution in [1.82, 2.24) is 10.2 Å². The second-order valence-electron chi connectivity index (χ2n) is 2.95. The van der Waals surface area contributed by atoms with Crippen LogP contribution in [0.15, 0.2) is 0 Å². The minimum Gasteiger partial charge on any atom is -0.342 e. The third-order valence-electron chi connectivity index (χ3n) is 2.12. The van der Waals surface area contributed by atoms with E-state index >= 15 is 0 Å². The quantitative estimate of drug-likeness (QED) is 0.589. The normalized spacial score (nSPS) is 26.9. The molecule has 1 atom stereocenters. The summed E-state index contributed by atoms with van der Waals surface area (Å²) in [7, 11) is 0. The van der Waals surface area contributed by atoms with E-state index in [1.54, 1.807) is 0 Å². The number of likely N-dealkylation sites (N-methyl/N-ethyl adjacent to an activating group) is 1. The van der Waals surface area contributed by atoms with Crippen molar-refractivity contribution in [2.75, 3.05) is 19.6 Å². The van der Waals surface area contributed by atoms with E-state index in [0.717, 1.165) is 26.1 Å². The van der Waals surface area contributed by atoms with Crippen molar-refractivity contribution >= 4 is 5.91 Å². The average Bonchev–Trinajstić information content (AvgIpc) is 2.16. The Bertz CT molecular complexity index is 147. The molecule has 1 N–H and O–H groups in total. The van der Waals surface area contributed by atoms with Gasteiger partial charge in [0, 0.05) is 13.1 Å². The molecule has 1 rings (SSSR count). The van der Waals surface area contributed by atoms with Crippen LogP contribution in [0.1, 0.15) is 20.3 Å². The molecule has 11 heavy (non-hydrogen) atoms. The molecule has 3 nitrogen and oxygen atoms in total. The zero-order chi connectivity index (χ0) is 8.27. The fourth-order valence-corrected chi connectivity index (χ4v) is 1.37. The Kier molecular flexibility index (Phi) is 2.88. The number of nitrogens with zero attached hydrogens (tertiary/aromatic N) is 1. The number of carbonyl (C=O) groups excluding carboxylic acids is 1. The van der Waals surface area contributed by atoms with Gasteiger partial charge in [-0.25, -0.2) is 0 Å². The predicted molar refractivity (Wildman–Crippen MR) is 44.3 cm³/mol. The molecule has 0 spiro atoms. The van der Waals surface area contributed by atoms with Crippen molar-refractivity contribution < 1.29 is 4.79 Å². The predicted octanol–water partition coefficient (Wildman–Crippen LogP) is 0.217. The Balaban J connectivity index is 2.56. The van der Waals surface area contributed by atoms with E-state index in [1.807, 2.05) is 18.7 Å². The molecule has 0 aromatic carbocycles. The highest BCUT2D eigenvalue weighted by Crippen LogP contribution is 2.00. The highest BCUT2D eigenvalue weighted by Gasteiger charge is 2.20. The first-order chi connectivity index (χ1) is 5.25. The summed E-state index contributed by atoms with van der Waals surface area (Å²) >= 11 is 0.